The molecule has 4 rings (SSSR count). The van der Waals surface area contributed by atoms with Gasteiger partial charge in [0.25, 0.3) is 0 Å². The third kappa shape index (κ3) is 5.16. The number of aryl methyl sites for hydroxylation is 1. The van der Waals surface area contributed by atoms with Crippen LogP contribution in [0.3, 0.4) is 0 Å². The first-order valence-corrected chi connectivity index (χ1v) is 11.1. The van der Waals surface area contributed by atoms with Crippen LogP contribution in [0.25, 0.3) is 0 Å². The SMILES string of the molecule is COC(=O)c1ccc(C(C)Nc2nccc3c2N(Cc2ccc(C(F)(F)F)cc2)CCC3)cc1. The van der Waals surface area contributed by atoms with Crippen LogP contribution in [0.15, 0.2) is 60.8 Å². The molecule has 1 atom stereocenters. The minimum atomic E-state index is -4.34. The normalized spacial score (nSPS) is 14.3. The van der Waals surface area contributed by atoms with E-state index in [2.05, 4.69) is 15.2 Å². The van der Waals surface area contributed by atoms with E-state index in [1.165, 1.54) is 19.2 Å². The van der Waals surface area contributed by atoms with Crippen molar-refractivity contribution in [1.82, 2.24) is 4.98 Å². The number of esters is 1. The second-order valence-electron chi connectivity index (χ2n) is 8.37. The standard InChI is InChI=1S/C26H26F3N3O2/c1-17(19-7-9-21(10-8-19)25(33)34-2)31-24-23-20(13-14-30-24)4-3-15-32(23)16-18-5-11-22(12-6-18)26(27,28)29/h5-14,17H,3-4,15-16H2,1-2H3,(H,30,31). The maximum absolute atomic E-state index is 12.9. The van der Waals surface area contributed by atoms with Gasteiger partial charge in [-0.2, -0.15) is 13.2 Å². The maximum Gasteiger partial charge on any atom is 0.416 e. The van der Waals surface area contributed by atoms with E-state index in [-0.39, 0.29) is 12.0 Å². The Morgan fingerprint density at radius 1 is 1.12 bits per heavy atom. The summed E-state index contributed by atoms with van der Waals surface area (Å²) in [6.45, 7) is 3.29. The molecule has 0 amide bonds. The van der Waals surface area contributed by atoms with Gasteiger partial charge in [0.1, 0.15) is 5.82 Å². The number of hydrogen-bond donors (Lipinski definition) is 1. The van der Waals surface area contributed by atoms with Crippen molar-refractivity contribution in [3.8, 4) is 0 Å². The largest absolute Gasteiger partial charge is 0.465 e. The molecule has 0 spiro atoms. The number of carbonyl (C=O) groups is 1. The number of benzene rings is 2. The quantitative estimate of drug-likeness (QED) is 0.448. The lowest BCUT2D eigenvalue weighted by Crippen LogP contribution is -2.30. The zero-order valence-electron chi connectivity index (χ0n) is 19.0. The van der Waals surface area contributed by atoms with Gasteiger partial charge in [-0.15, -0.1) is 0 Å². The minimum Gasteiger partial charge on any atom is -0.465 e. The highest BCUT2D eigenvalue weighted by Gasteiger charge is 2.30. The lowest BCUT2D eigenvalue weighted by atomic mass is 10.0. The van der Waals surface area contributed by atoms with Crippen molar-refractivity contribution in [2.45, 2.75) is 38.5 Å². The molecular formula is C26H26F3N3O2. The number of ether oxygens (including phenoxy) is 1. The predicted octanol–water partition coefficient (Wildman–Crippen LogP) is 6.01. The fourth-order valence-corrected chi connectivity index (χ4v) is 4.22. The Morgan fingerprint density at radius 2 is 1.82 bits per heavy atom. The molecule has 0 saturated heterocycles. The van der Waals surface area contributed by atoms with Crippen molar-refractivity contribution >= 4 is 17.5 Å². The molecule has 0 fully saturated rings. The average molecular weight is 470 g/mol. The molecule has 8 heteroatoms. The fourth-order valence-electron chi connectivity index (χ4n) is 4.22. The van der Waals surface area contributed by atoms with Gasteiger partial charge in [-0.25, -0.2) is 9.78 Å². The molecule has 178 valence electrons. The highest BCUT2D eigenvalue weighted by Crippen LogP contribution is 2.36. The van der Waals surface area contributed by atoms with Crippen LogP contribution < -0.4 is 10.2 Å². The number of aromatic nitrogens is 1. The number of halogens is 3. The van der Waals surface area contributed by atoms with Gasteiger partial charge in [-0.05, 0) is 66.8 Å². The van der Waals surface area contributed by atoms with E-state index in [0.717, 1.165) is 59.7 Å². The molecule has 34 heavy (non-hydrogen) atoms. The van der Waals surface area contributed by atoms with Crippen LogP contribution in [0.4, 0.5) is 24.7 Å². The van der Waals surface area contributed by atoms with E-state index in [4.69, 9.17) is 4.74 Å². The summed E-state index contributed by atoms with van der Waals surface area (Å²) in [6.07, 6.45) is -0.696. The molecule has 2 aromatic carbocycles. The predicted molar refractivity (Wildman–Crippen MR) is 125 cm³/mol. The lowest BCUT2D eigenvalue weighted by molar-refractivity contribution is -0.137. The minimum absolute atomic E-state index is 0.0828. The van der Waals surface area contributed by atoms with Crippen molar-refractivity contribution < 1.29 is 22.7 Å². The van der Waals surface area contributed by atoms with Crippen molar-refractivity contribution in [3.05, 3.63) is 88.6 Å². The molecule has 1 unspecified atom stereocenters. The zero-order chi connectivity index (χ0) is 24.3. The van der Waals surface area contributed by atoms with Crippen LogP contribution in [0.2, 0.25) is 0 Å². The number of fused-ring (bicyclic) bond motifs is 1. The van der Waals surface area contributed by atoms with Crippen LogP contribution in [-0.2, 0) is 23.9 Å². The maximum atomic E-state index is 12.9. The molecule has 1 aliphatic heterocycles. The summed E-state index contributed by atoms with van der Waals surface area (Å²) < 4.78 is 43.5. The fraction of sp³-hybridized carbons (Fsp3) is 0.308. The molecule has 1 aliphatic rings. The van der Waals surface area contributed by atoms with Crippen LogP contribution in [-0.4, -0.2) is 24.6 Å². The molecule has 0 saturated carbocycles. The molecule has 0 aliphatic carbocycles. The van der Waals surface area contributed by atoms with Crippen LogP contribution in [0.1, 0.15) is 52.0 Å². The molecule has 5 nitrogen and oxygen atoms in total. The Hall–Kier alpha value is -3.55. The second-order valence-corrected chi connectivity index (χ2v) is 8.37. The molecule has 3 aromatic rings. The van der Waals surface area contributed by atoms with Crippen molar-refractivity contribution in [1.29, 1.82) is 0 Å². The van der Waals surface area contributed by atoms with Gasteiger partial charge in [0.2, 0.25) is 0 Å². The first-order valence-electron chi connectivity index (χ1n) is 11.1. The third-order valence-electron chi connectivity index (χ3n) is 6.04. The number of rotatable bonds is 6. The Kier molecular flexibility index (Phi) is 6.77. The Morgan fingerprint density at radius 3 is 2.47 bits per heavy atom. The second kappa shape index (κ2) is 9.75. The molecule has 0 radical (unpaired) electrons. The van der Waals surface area contributed by atoms with Crippen LogP contribution in [0, 0.1) is 0 Å². The molecule has 1 N–H and O–H groups in total. The summed E-state index contributed by atoms with van der Waals surface area (Å²) >= 11 is 0. The molecule has 1 aromatic heterocycles. The summed E-state index contributed by atoms with van der Waals surface area (Å²) in [5.74, 6) is 0.346. The number of nitrogens with one attached hydrogen (secondary N) is 1. The first-order chi connectivity index (χ1) is 16.3. The van der Waals surface area contributed by atoms with E-state index in [9.17, 15) is 18.0 Å². The monoisotopic (exact) mass is 469 g/mol. The Bertz CT molecular complexity index is 1150. The summed E-state index contributed by atoms with van der Waals surface area (Å²) in [7, 11) is 1.35. The number of pyridine rings is 1. The number of carbonyl (C=O) groups excluding carboxylic acids is 1. The number of methoxy groups -OCH3 is 1. The number of hydrogen-bond acceptors (Lipinski definition) is 5. The smallest absolute Gasteiger partial charge is 0.416 e. The molecule has 2 heterocycles. The number of nitrogens with zero attached hydrogens (tertiary/aromatic N) is 2. The van der Waals surface area contributed by atoms with Gasteiger partial charge in [0, 0.05) is 19.3 Å². The van der Waals surface area contributed by atoms with E-state index in [1.807, 2.05) is 25.1 Å². The van der Waals surface area contributed by atoms with E-state index in [1.54, 1.807) is 18.3 Å². The summed E-state index contributed by atoms with van der Waals surface area (Å²) in [5.41, 5.74) is 3.76. The van der Waals surface area contributed by atoms with E-state index in [0.29, 0.717) is 12.1 Å². The zero-order valence-corrected chi connectivity index (χ0v) is 19.0. The average Bonchev–Trinajstić information content (AvgIpc) is 2.83. The van der Waals surface area contributed by atoms with Gasteiger partial charge in [0.05, 0.1) is 30.0 Å². The first kappa shape index (κ1) is 23.6. The highest BCUT2D eigenvalue weighted by molar-refractivity contribution is 5.89. The van der Waals surface area contributed by atoms with Gasteiger partial charge < -0.3 is 15.0 Å². The summed E-state index contributed by atoms with van der Waals surface area (Å²) in [6, 6.07) is 14.4. The van der Waals surface area contributed by atoms with E-state index >= 15 is 0 Å². The van der Waals surface area contributed by atoms with Gasteiger partial charge in [-0.1, -0.05) is 24.3 Å². The van der Waals surface area contributed by atoms with Crippen LogP contribution >= 0.6 is 0 Å². The van der Waals surface area contributed by atoms with Crippen LogP contribution in [0.5, 0.6) is 0 Å². The highest BCUT2D eigenvalue weighted by atomic mass is 19.4. The summed E-state index contributed by atoms with van der Waals surface area (Å²) in [5, 5.41) is 3.48. The molecular weight excluding hydrogens is 443 g/mol. The van der Waals surface area contributed by atoms with Gasteiger partial charge in [0.15, 0.2) is 0 Å². The third-order valence-corrected chi connectivity index (χ3v) is 6.04. The summed E-state index contributed by atoms with van der Waals surface area (Å²) in [4.78, 5) is 18.4. The topological polar surface area (TPSA) is 54.5 Å². The van der Waals surface area contributed by atoms with Gasteiger partial charge >= 0.3 is 12.1 Å². The van der Waals surface area contributed by atoms with Crippen molar-refractivity contribution in [3.63, 3.8) is 0 Å². The van der Waals surface area contributed by atoms with Gasteiger partial charge in [-0.3, -0.25) is 0 Å². The Labute approximate surface area is 196 Å². The van der Waals surface area contributed by atoms with E-state index < -0.39 is 11.7 Å². The molecule has 0 bridgehead atoms. The number of anilines is 2. The lowest BCUT2D eigenvalue weighted by Gasteiger charge is -2.33. The van der Waals surface area contributed by atoms with Crippen molar-refractivity contribution in [2.24, 2.45) is 0 Å². The van der Waals surface area contributed by atoms with Crippen molar-refractivity contribution in [2.75, 3.05) is 23.9 Å². The number of alkyl halides is 3. The Balaban J connectivity index is 1.55.